The van der Waals surface area contributed by atoms with Crippen LogP contribution in [0.25, 0.3) is 11.3 Å². The number of phenols is 1. The Hall–Kier alpha value is -5.65. The van der Waals surface area contributed by atoms with Crippen molar-refractivity contribution in [1.29, 1.82) is 0 Å². The molecule has 10 nitrogen and oxygen atoms in total. The third-order valence-electron chi connectivity index (χ3n) is 8.69. The number of aromatic nitrogens is 2. The van der Waals surface area contributed by atoms with Crippen LogP contribution >= 0.6 is 0 Å². The molecule has 5 aromatic rings. The SMILES string of the molecule is CN(Cc1ccccc1)c1ncc(C(=O)N2CCCCC2C(O)c2ccc(F)cc2)c(-c2ccccc2)n1.O=CNCC(O)c1cccc(O)c1. The van der Waals surface area contributed by atoms with Gasteiger partial charge in [0.1, 0.15) is 11.6 Å². The highest BCUT2D eigenvalue weighted by molar-refractivity contribution is 6.00. The van der Waals surface area contributed by atoms with E-state index in [1.165, 1.54) is 24.3 Å². The number of likely N-dealkylation sites (tertiary alicyclic amines) is 1. The van der Waals surface area contributed by atoms with Crippen molar-refractivity contribution in [2.24, 2.45) is 0 Å². The normalized spacial score (nSPS) is 15.1. The number of carbonyl (C=O) groups excluding carboxylic acids is 2. The van der Waals surface area contributed by atoms with E-state index in [1.54, 1.807) is 35.4 Å². The number of aromatic hydroxyl groups is 1. The van der Waals surface area contributed by atoms with Gasteiger partial charge in [-0.3, -0.25) is 9.59 Å². The Kier molecular flexibility index (Phi) is 12.8. The average Bonchev–Trinajstić information content (AvgIpc) is 3.17. The van der Waals surface area contributed by atoms with Crippen LogP contribution in [0.3, 0.4) is 0 Å². The molecule has 0 radical (unpaired) electrons. The van der Waals surface area contributed by atoms with Gasteiger partial charge in [-0.25, -0.2) is 14.4 Å². The monoisotopic (exact) mass is 691 g/mol. The number of hydrogen-bond acceptors (Lipinski definition) is 8. The molecule has 3 atom stereocenters. The molecular formula is C40H42FN5O5. The third-order valence-corrected chi connectivity index (χ3v) is 8.69. The number of benzene rings is 4. The predicted molar refractivity (Wildman–Crippen MR) is 193 cm³/mol. The van der Waals surface area contributed by atoms with Crippen LogP contribution in [0.15, 0.2) is 115 Å². The topological polar surface area (TPSA) is 139 Å². The average molecular weight is 692 g/mol. The van der Waals surface area contributed by atoms with E-state index in [0.29, 0.717) is 54.3 Å². The van der Waals surface area contributed by atoms with Crippen LogP contribution in [-0.4, -0.2) is 68.7 Å². The summed E-state index contributed by atoms with van der Waals surface area (Å²) < 4.78 is 13.5. The molecule has 0 saturated carbocycles. The summed E-state index contributed by atoms with van der Waals surface area (Å²) in [7, 11) is 1.93. The summed E-state index contributed by atoms with van der Waals surface area (Å²) in [6, 6.07) is 31.4. The molecule has 1 fully saturated rings. The van der Waals surface area contributed by atoms with Gasteiger partial charge in [0.15, 0.2) is 0 Å². The van der Waals surface area contributed by atoms with Crippen LogP contribution in [-0.2, 0) is 11.3 Å². The first kappa shape index (κ1) is 36.6. The van der Waals surface area contributed by atoms with Crippen molar-refractivity contribution in [1.82, 2.24) is 20.2 Å². The number of anilines is 1. The highest BCUT2D eigenvalue weighted by atomic mass is 19.1. The second kappa shape index (κ2) is 17.8. The number of rotatable bonds is 11. The van der Waals surface area contributed by atoms with E-state index in [9.17, 15) is 24.2 Å². The Balaban J connectivity index is 0.000000328. The quantitative estimate of drug-likeness (QED) is 0.127. The lowest BCUT2D eigenvalue weighted by molar-refractivity contribution is -0.110. The Labute approximate surface area is 296 Å². The van der Waals surface area contributed by atoms with Crippen LogP contribution in [0, 0.1) is 5.82 Å². The van der Waals surface area contributed by atoms with E-state index in [4.69, 9.17) is 10.1 Å². The maximum absolute atomic E-state index is 14.0. The molecule has 1 aliphatic heterocycles. The number of carbonyl (C=O) groups is 2. The van der Waals surface area contributed by atoms with Crippen LogP contribution in [0.5, 0.6) is 5.75 Å². The zero-order valence-corrected chi connectivity index (χ0v) is 28.3. The maximum Gasteiger partial charge on any atom is 0.258 e. The van der Waals surface area contributed by atoms with E-state index in [0.717, 1.165) is 24.0 Å². The highest BCUT2D eigenvalue weighted by Gasteiger charge is 2.35. The molecule has 2 amide bonds. The minimum absolute atomic E-state index is 0.0997. The first-order chi connectivity index (χ1) is 24.7. The zero-order chi connectivity index (χ0) is 36.2. The Morgan fingerprint density at radius 3 is 2.35 bits per heavy atom. The molecule has 0 bridgehead atoms. The number of nitrogens with zero attached hydrogens (tertiary/aromatic N) is 4. The van der Waals surface area contributed by atoms with Crippen molar-refractivity contribution in [3.63, 3.8) is 0 Å². The number of hydrogen-bond donors (Lipinski definition) is 4. The molecule has 0 spiro atoms. The minimum atomic E-state index is -0.919. The van der Waals surface area contributed by atoms with Crippen molar-refractivity contribution >= 4 is 18.3 Å². The van der Waals surface area contributed by atoms with Crippen molar-refractivity contribution < 1.29 is 29.3 Å². The number of nitrogens with one attached hydrogen (secondary N) is 1. The molecule has 0 aliphatic carbocycles. The molecule has 11 heteroatoms. The van der Waals surface area contributed by atoms with Crippen LogP contribution in [0.2, 0.25) is 0 Å². The number of aliphatic hydroxyl groups is 2. The predicted octanol–water partition coefficient (Wildman–Crippen LogP) is 5.82. The van der Waals surface area contributed by atoms with Crippen molar-refractivity contribution in [2.75, 3.05) is 25.0 Å². The van der Waals surface area contributed by atoms with Gasteiger partial charge in [0, 0.05) is 38.4 Å². The fourth-order valence-electron chi connectivity index (χ4n) is 6.04. The highest BCUT2D eigenvalue weighted by Crippen LogP contribution is 2.32. The standard InChI is InChI=1S/C31H31FN4O2.C9H11NO3/c1-35(21-22-10-4-2-5-11-22)31-33-20-26(28(34-31)23-12-6-3-7-13-23)30(38)36-19-9-8-14-27(36)29(37)24-15-17-25(32)18-16-24;11-6-10-5-9(13)7-2-1-3-8(12)4-7/h2-7,10-13,15-18,20,27,29,37H,8-9,14,19,21H2,1H3;1-4,6,9,12-13H,5H2,(H,10,11). The first-order valence-corrected chi connectivity index (χ1v) is 16.8. The van der Waals surface area contributed by atoms with Crippen LogP contribution in [0.4, 0.5) is 10.3 Å². The van der Waals surface area contributed by atoms with Crippen molar-refractivity contribution in [3.05, 3.63) is 143 Å². The summed E-state index contributed by atoms with van der Waals surface area (Å²) >= 11 is 0. The second-order valence-electron chi connectivity index (χ2n) is 12.3. The number of amides is 2. The zero-order valence-electron chi connectivity index (χ0n) is 28.3. The molecule has 4 aromatic carbocycles. The molecule has 3 unspecified atom stereocenters. The van der Waals surface area contributed by atoms with Crippen molar-refractivity contribution in [3.8, 4) is 17.0 Å². The molecular weight excluding hydrogens is 649 g/mol. The Morgan fingerprint density at radius 1 is 0.961 bits per heavy atom. The lowest BCUT2D eigenvalue weighted by atomic mass is 9.92. The van der Waals surface area contributed by atoms with Gasteiger partial charge in [-0.1, -0.05) is 84.9 Å². The second-order valence-corrected chi connectivity index (χ2v) is 12.3. The van der Waals surface area contributed by atoms with E-state index < -0.39 is 18.2 Å². The van der Waals surface area contributed by atoms with Gasteiger partial charge in [0.2, 0.25) is 12.4 Å². The van der Waals surface area contributed by atoms with Crippen LogP contribution in [0.1, 0.15) is 58.5 Å². The molecule has 264 valence electrons. The number of aliphatic hydroxyl groups excluding tert-OH is 2. The van der Waals surface area contributed by atoms with Gasteiger partial charge < -0.3 is 30.4 Å². The lowest BCUT2D eigenvalue weighted by Crippen LogP contribution is -2.47. The fraction of sp³-hybridized carbons (Fsp3) is 0.250. The fourth-order valence-corrected chi connectivity index (χ4v) is 6.04. The van der Waals surface area contributed by atoms with Gasteiger partial charge in [0.25, 0.3) is 5.91 Å². The van der Waals surface area contributed by atoms with Gasteiger partial charge in [-0.05, 0) is 60.2 Å². The van der Waals surface area contributed by atoms with Gasteiger partial charge >= 0.3 is 0 Å². The van der Waals surface area contributed by atoms with Crippen LogP contribution < -0.4 is 10.2 Å². The van der Waals surface area contributed by atoms with Gasteiger partial charge in [-0.2, -0.15) is 0 Å². The Morgan fingerprint density at radius 2 is 1.67 bits per heavy atom. The molecule has 4 N–H and O–H groups in total. The largest absolute Gasteiger partial charge is 0.508 e. The number of halogens is 1. The smallest absolute Gasteiger partial charge is 0.258 e. The minimum Gasteiger partial charge on any atom is -0.508 e. The summed E-state index contributed by atoms with van der Waals surface area (Å²) in [4.78, 5) is 37.1. The molecule has 1 saturated heterocycles. The van der Waals surface area contributed by atoms with Gasteiger partial charge in [-0.15, -0.1) is 0 Å². The maximum atomic E-state index is 14.0. The van der Waals surface area contributed by atoms with Crippen molar-refractivity contribution in [2.45, 2.75) is 44.1 Å². The molecule has 6 rings (SSSR count). The number of phenolic OH excluding ortho intramolecular Hbond substituents is 1. The molecule has 1 aromatic heterocycles. The molecule has 51 heavy (non-hydrogen) atoms. The van der Waals surface area contributed by atoms with Gasteiger partial charge in [0.05, 0.1) is 29.5 Å². The molecule has 1 aliphatic rings. The first-order valence-electron chi connectivity index (χ1n) is 16.8. The summed E-state index contributed by atoms with van der Waals surface area (Å²) in [5.41, 5.74) is 4.07. The lowest BCUT2D eigenvalue weighted by Gasteiger charge is -2.39. The summed E-state index contributed by atoms with van der Waals surface area (Å²) in [5, 5.41) is 32.1. The summed E-state index contributed by atoms with van der Waals surface area (Å²) in [6.45, 7) is 1.29. The van der Waals surface area contributed by atoms with E-state index in [2.05, 4.69) is 22.4 Å². The van der Waals surface area contributed by atoms with E-state index >= 15 is 0 Å². The van der Waals surface area contributed by atoms with E-state index in [1.807, 2.05) is 60.5 Å². The number of piperidine rings is 1. The summed E-state index contributed by atoms with van der Waals surface area (Å²) in [5.74, 6) is 0.0416. The molecule has 2 heterocycles. The Bertz CT molecular complexity index is 1860. The van der Waals surface area contributed by atoms with E-state index in [-0.39, 0.29) is 24.0 Å². The summed E-state index contributed by atoms with van der Waals surface area (Å²) in [6.07, 6.45) is 2.82. The third kappa shape index (κ3) is 9.74.